The zero-order valence-corrected chi connectivity index (χ0v) is 6.16. The van der Waals surface area contributed by atoms with Gasteiger partial charge in [0.1, 0.15) is 5.82 Å². The molecule has 0 fully saturated rings. The van der Waals surface area contributed by atoms with Crippen molar-refractivity contribution in [1.82, 2.24) is 15.4 Å². The van der Waals surface area contributed by atoms with Gasteiger partial charge >= 0.3 is 0 Å². The summed E-state index contributed by atoms with van der Waals surface area (Å²) >= 11 is 0. The van der Waals surface area contributed by atoms with E-state index < -0.39 is 0 Å². The summed E-state index contributed by atoms with van der Waals surface area (Å²) in [5.41, 5.74) is 2.22. The van der Waals surface area contributed by atoms with E-state index in [-0.39, 0.29) is 0 Å². The van der Waals surface area contributed by atoms with E-state index in [0.717, 1.165) is 23.4 Å². The highest BCUT2D eigenvalue weighted by Gasteiger charge is 2.19. The molecule has 0 unspecified atom stereocenters. The van der Waals surface area contributed by atoms with Crippen LogP contribution in [0.4, 0.5) is 11.7 Å². The van der Waals surface area contributed by atoms with Crippen LogP contribution in [0.2, 0.25) is 0 Å². The van der Waals surface area contributed by atoms with E-state index in [4.69, 9.17) is 4.52 Å². The van der Waals surface area contributed by atoms with Crippen LogP contribution in [-0.2, 0) is 6.42 Å². The third-order valence-corrected chi connectivity index (χ3v) is 1.98. The van der Waals surface area contributed by atoms with E-state index in [1.807, 2.05) is 0 Å². The van der Waals surface area contributed by atoms with Crippen LogP contribution in [0.1, 0.15) is 11.1 Å². The molecular formula is C7H6N4O. The van der Waals surface area contributed by atoms with Gasteiger partial charge in [0.2, 0.25) is 5.88 Å². The fraction of sp³-hybridized carbons (Fsp3) is 0.143. The predicted octanol–water partition coefficient (Wildman–Crippen LogP) is 1.05. The van der Waals surface area contributed by atoms with Crippen molar-refractivity contribution < 1.29 is 4.52 Å². The van der Waals surface area contributed by atoms with Gasteiger partial charge in [-0.15, -0.1) is 0 Å². The molecule has 0 bridgehead atoms. The fourth-order valence-electron chi connectivity index (χ4n) is 1.36. The van der Waals surface area contributed by atoms with Crippen molar-refractivity contribution in [3.05, 3.63) is 23.5 Å². The first-order valence-electron chi connectivity index (χ1n) is 3.66. The van der Waals surface area contributed by atoms with Crippen molar-refractivity contribution in [2.75, 3.05) is 5.32 Å². The Kier molecular flexibility index (Phi) is 0.910. The molecule has 3 heterocycles. The lowest BCUT2D eigenvalue weighted by Crippen LogP contribution is -2.02. The number of hydrogen-bond acceptors (Lipinski definition) is 4. The molecule has 2 N–H and O–H groups in total. The van der Waals surface area contributed by atoms with Crippen molar-refractivity contribution >= 4 is 11.7 Å². The molecule has 0 aliphatic carbocycles. The van der Waals surface area contributed by atoms with Crippen LogP contribution >= 0.6 is 0 Å². The van der Waals surface area contributed by atoms with E-state index in [1.54, 1.807) is 12.4 Å². The Morgan fingerprint density at radius 1 is 1.33 bits per heavy atom. The number of H-pyrrole nitrogens is 1. The minimum atomic E-state index is 0.715. The van der Waals surface area contributed by atoms with Gasteiger partial charge in [-0.25, -0.2) is 0 Å². The minimum Gasteiger partial charge on any atom is -0.338 e. The molecule has 0 atom stereocenters. The number of aromatic nitrogens is 3. The number of rotatable bonds is 0. The van der Waals surface area contributed by atoms with E-state index in [9.17, 15) is 0 Å². The maximum atomic E-state index is 4.97. The lowest BCUT2D eigenvalue weighted by molar-refractivity contribution is 0.434. The van der Waals surface area contributed by atoms with Crippen molar-refractivity contribution in [3.63, 3.8) is 0 Å². The summed E-state index contributed by atoms with van der Waals surface area (Å²) in [7, 11) is 0. The fourth-order valence-corrected chi connectivity index (χ4v) is 1.36. The van der Waals surface area contributed by atoms with Crippen LogP contribution in [-0.4, -0.2) is 15.4 Å². The molecule has 60 valence electrons. The number of nitrogens with one attached hydrogen (secondary N) is 2. The van der Waals surface area contributed by atoms with Gasteiger partial charge in [-0.1, -0.05) is 5.16 Å². The average Bonchev–Trinajstić information content (AvgIpc) is 2.64. The van der Waals surface area contributed by atoms with E-state index in [2.05, 4.69) is 20.7 Å². The molecule has 1 aliphatic rings. The molecule has 0 saturated carbocycles. The van der Waals surface area contributed by atoms with Gasteiger partial charge in [-0.3, -0.25) is 5.10 Å². The average molecular weight is 162 g/mol. The Morgan fingerprint density at radius 3 is 3.33 bits per heavy atom. The minimum absolute atomic E-state index is 0.715. The van der Waals surface area contributed by atoms with Crippen LogP contribution in [0.25, 0.3) is 0 Å². The van der Waals surface area contributed by atoms with Gasteiger partial charge in [-0.05, 0) is 0 Å². The molecular weight excluding hydrogens is 156 g/mol. The Bertz CT molecular complexity index is 343. The molecule has 5 heteroatoms. The van der Waals surface area contributed by atoms with Gasteiger partial charge in [0.25, 0.3) is 0 Å². The van der Waals surface area contributed by atoms with Gasteiger partial charge in [-0.2, -0.15) is 5.10 Å². The standard InChI is InChI=1S/C7H6N4O/c1-4-2-8-11-6(4)10-7-5(1)3-9-12-7/h2-3H,1H2,(H2,8,10,11). The smallest absolute Gasteiger partial charge is 0.233 e. The van der Waals surface area contributed by atoms with Crippen LogP contribution in [0.5, 0.6) is 0 Å². The maximum Gasteiger partial charge on any atom is 0.233 e. The summed E-state index contributed by atoms with van der Waals surface area (Å²) in [5, 5.41) is 13.5. The number of anilines is 2. The van der Waals surface area contributed by atoms with Crippen molar-refractivity contribution in [1.29, 1.82) is 0 Å². The van der Waals surface area contributed by atoms with Gasteiger partial charge in [0.15, 0.2) is 0 Å². The zero-order chi connectivity index (χ0) is 7.97. The third kappa shape index (κ3) is 0.623. The Morgan fingerprint density at radius 2 is 2.33 bits per heavy atom. The van der Waals surface area contributed by atoms with Crippen molar-refractivity contribution in [2.45, 2.75) is 6.42 Å². The highest BCUT2D eigenvalue weighted by atomic mass is 16.5. The van der Waals surface area contributed by atoms with Crippen LogP contribution in [0.3, 0.4) is 0 Å². The molecule has 5 nitrogen and oxygen atoms in total. The molecule has 0 spiro atoms. The monoisotopic (exact) mass is 162 g/mol. The maximum absolute atomic E-state index is 4.97. The Balaban J connectivity index is 2.15. The van der Waals surface area contributed by atoms with Gasteiger partial charge < -0.3 is 9.84 Å². The summed E-state index contributed by atoms with van der Waals surface area (Å²) in [6.45, 7) is 0. The third-order valence-electron chi connectivity index (χ3n) is 1.98. The second-order valence-corrected chi connectivity index (χ2v) is 2.75. The normalized spacial score (nSPS) is 13.3. The molecule has 0 saturated heterocycles. The number of aromatic amines is 1. The number of nitrogens with zero attached hydrogens (tertiary/aromatic N) is 2. The van der Waals surface area contributed by atoms with E-state index >= 15 is 0 Å². The quantitative estimate of drug-likeness (QED) is 0.518. The predicted molar refractivity (Wildman–Crippen MR) is 41.2 cm³/mol. The summed E-state index contributed by atoms with van der Waals surface area (Å²) in [4.78, 5) is 0. The highest BCUT2D eigenvalue weighted by molar-refractivity contribution is 5.62. The second-order valence-electron chi connectivity index (χ2n) is 2.75. The first-order valence-corrected chi connectivity index (χ1v) is 3.66. The van der Waals surface area contributed by atoms with E-state index in [0.29, 0.717) is 5.88 Å². The summed E-state index contributed by atoms with van der Waals surface area (Å²) in [6.07, 6.45) is 4.36. The zero-order valence-electron chi connectivity index (χ0n) is 6.16. The van der Waals surface area contributed by atoms with Crippen molar-refractivity contribution in [3.8, 4) is 0 Å². The summed E-state index contributed by atoms with van der Waals surface area (Å²) in [6, 6.07) is 0. The van der Waals surface area contributed by atoms with E-state index in [1.165, 1.54) is 0 Å². The molecule has 12 heavy (non-hydrogen) atoms. The SMILES string of the molecule is c1n[nH]c2c1Cc1cnoc1N2. The molecule has 0 aromatic carbocycles. The molecule has 0 radical (unpaired) electrons. The highest BCUT2D eigenvalue weighted by Crippen LogP contribution is 2.30. The van der Waals surface area contributed by atoms with Gasteiger partial charge in [0.05, 0.1) is 12.4 Å². The summed E-state index contributed by atoms with van der Waals surface area (Å²) in [5.74, 6) is 1.62. The largest absolute Gasteiger partial charge is 0.338 e. The van der Waals surface area contributed by atoms with Crippen LogP contribution < -0.4 is 5.32 Å². The molecule has 2 aromatic rings. The summed E-state index contributed by atoms with van der Waals surface area (Å²) < 4.78 is 4.97. The van der Waals surface area contributed by atoms with Crippen LogP contribution in [0, 0.1) is 0 Å². The lowest BCUT2D eigenvalue weighted by Gasteiger charge is -2.09. The Hall–Kier alpha value is -1.78. The lowest BCUT2D eigenvalue weighted by atomic mass is 10.1. The molecule has 3 rings (SSSR count). The number of fused-ring (bicyclic) bond motifs is 2. The Labute approximate surface area is 67.8 Å². The number of hydrogen-bond donors (Lipinski definition) is 2. The first-order chi connectivity index (χ1) is 5.93. The van der Waals surface area contributed by atoms with Crippen LogP contribution in [0.15, 0.2) is 16.9 Å². The molecule has 0 amide bonds. The van der Waals surface area contributed by atoms with Gasteiger partial charge in [0, 0.05) is 17.5 Å². The first kappa shape index (κ1) is 5.82. The molecule has 2 aromatic heterocycles. The van der Waals surface area contributed by atoms with Crippen molar-refractivity contribution in [2.24, 2.45) is 0 Å². The second kappa shape index (κ2) is 1.88. The topological polar surface area (TPSA) is 66.7 Å². The molecule has 1 aliphatic heterocycles.